The van der Waals surface area contributed by atoms with Gasteiger partial charge in [-0.15, -0.1) is 0 Å². The SMILES string of the molecule is C=CC(=O)OCCCCCCCCCCCCCCCCCCCC[SiH2]C(I)I. The number of esters is 1. The molecule has 0 radical (unpaired) electrons. The van der Waals surface area contributed by atoms with E-state index < -0.39 is 0 Å². The molecular weight excluding hydrogens is 602 g/mol. The van der Waals surface area contributed by atoms with Gasteiger partial charge in [0.15, 0.2) is 0 Å². The van der Waals surface area contributed by atoms with Gasteiger partial charge in [0.05, 0.1) is 6.61 Å². The van der Waals surface area contributed by atoms with Crippen LogP contribution in [-0.2, 0) is 9.53 Å². The number of ether oxygens (including phenoxy) is 1. The van der Waals surface area contributed by atoms with Crippen molar-refractivity contribution in [1.29, 1.82) is 0 Å². The van der Waals surface area contributed by atoms with Crippen molar-refractivity contribution in [1.82, 2.24) is 0 Å². The van der Waals surface area contributed by atoms with Crippen LogP contribution in [0.25, 0.3) is 0 Å². The lowest BCUT2D eigenvalue weighted by Crippen LogP contribution is -2.01. The van der Waals surface area contributed by atoms with E-state index in [4.69, 9.17) is 4.74 Å². The van der Waals surface area contributed by atoms with E-state index >= 15 is 0 Å². The van der Waals surface area contributed by atoms with Crippen molar-refractivity contribution in [2.75, 3.05) is 6.61 Å². The monoisotopic (exact) mass is 648 g/mol. The van der Waals surface area contributed by atoms with Crippen LogP contribution in [0.3, 0.4) is 0 Å². The molecule has 0 bridgehead atoms. The van der Waals surface area contributed by atoms with Crippen molar-refractivity contribution in [3.63, 3.8) is 0 Å². The summed E-state index contributed by atoms with van der Waals surface area (Å²) in [6, 6.07) is 1.56. The molecule has 0 spiro atoms. The fourth-order valence-corrected chi connectivity index (χ4v) is 7.23. The number of alkyl halides is 2. The molecule has 0 heterocycles. The van der Waals surface area contributed by atoms with Crippen LogP contribution in [-0.4, -0.2) is 23.7 Å². The maximum Gasteiger partial charge on any atom is 0.330 e. The predicted molar refractivity (Wildman–Crippen MR) is 149 cm³/mol. The van der Waals surface area contributed by atoms with Crippen LogP contribution < -0.4 is 0 Å². The lowest BCUT2D eigenvalue weighted by molar-refractivity contribution is -0.137. The van der Waals surface area contributed by atoms with Crippen LogP contribution in [0.5, 0.6) is 0 Å². The Kier molecular flexibility index (Phi) is 25.9. The first kappa shape index (κ1) is 29.9. The molecule has 0 amide bonds. The minimum Gasteiger partial charge on any atom is -0.463 e. The Balaban J connectivity index is 3.03. The summed E-state index contributed by atoms with van der Waals surface area (Å²) in [5, 5.41) is 0. The minimum atomic E-state index is -0.298. The first-order chi connectivity index (χ1) is 14.2. The number of hydrogen-bond donors (Lipinski definition) is 0. The zero-order chi connectivity index (χ0) is 21.4. The molecule has 0 aliphatic rings. The molecule has 0 unspecified atom stereocenters. The molecule has 0 aromatic heterocycles. The maximum atomic E-state index is 10.9. The van der Waals surface area contributed by atoms with Gasteiger partial charge in [-0.05, 0) is 6.42 Å². The standard InChI is InChI=1S/C24H46I2O2Si/c1-2-23(27)28-21-19-17-15-13-11-9-7-5-3-4-6-8-10-12-14-16-18-20-22-29-24(25)26/h2,24H,1,3-22,29H2. The number of rotatable bonds is 23. The topological polar surface area (TPSA) is 26.3 Å². The second kappa shape index (κ2) is 25.2. The molecule has 0 aromatic rings. The van der Waals surface area contributed by atoms with Crippen LogP contribution in [0.4, 0.5) is 0 Å². The fourth-order valence-electron chi connectivity index (χ4n) is 3.64. The molecule has 0 N–H and O–H groups in total. The quantitative estimate of drug-likeness (QED) is 0.0278. The summed E-state index contributed by atoms with van der Waals surface area (Å²) < 4.78 is 5.94. The highest BCUT2D eigenvalue weighted by molar-refractivity contribution is 14.2. The van der Waals surface area contributed by atoms with Gasteiger partial charge >= 0.3 is 5.97 Å². The molecule has 29 heavy (non-hydrogen) atoms. The number of carbonyl (C=O) groups is 1. The van der Waals surface area contributed by atoms with Crippen molar-refractivity contribution in [3.8, 4) is 0 Å². The minimum absolute atomic E-state index is 0.231. The van der Waals surface area contributed by atoms with Gasteiger partial charge in [0.1, 0.15) is 0 Å². The van der Waals surface area contributed by atoms with Gasteiger partial charge in [0.2, 0.25) is 0 Å². The van der Waals surface area contributed by atoms with Crippen LogP contribution in [0.15, 0.2) is 12.7 Å². The van der Waals surface area contributed by atoms with Gasteiger partial charge in [-0.25, -0.2) is 4.79 Å². The molecule has 0 rings (SSSR count). The molecule has 172 valence electrons. The smallest absolute Gasteiger partial charge is 0.330 e. The van der Waals surface area contributed by atoms with E-state index in [1.807, 2.05) is 0 Å². The highest BCUT2D eigenvalue weighted by atomic mass is 127. The van der Waals surface area contributed by atoms with E-state index in [9.17, 15) is 4.79 Å². The van der Waals surface area contributed by atoms with Gasteiger partial charge in [-0.2, -0.15) is 0 Å². The lowest BCUT2D eigenvalue weighted by atomic mass is 10.0. The number of unbranched alkanes of at least 4 members (excludes halogenated alkanes) is 17. The number of halogens is 2. The normalized spacial score (nSPS) is 11.6. The highest BCUT2D eigenvalue weighted by Gasteiger charge is 1.99. The van der Waals surface area contributed by atoms with Crippen molar-refractivity contribution in [2.45, 2.75) is 123 Å². The largest absolute Gasteiger partial charge is 0.463 e. The van der Waals surface area contributed by atoms with Gasteiger partial charge in [-0.3, -0.25) is 0 Å². The zero-order valence-corrected chi connectivity index (χ0v) is 24.5. The predicted octanol–water partition coefficient (Wildman–Crippen LogP) is 8.48. The van der Waals surface area contributed by atoms with Crippen molar-refractivity contribution >= 4 is 60.7 Å². The zero-order valence-electron chi connectivity index (χ0n) is 18.8. The third-order valence-corrected chi connectivity index (χ3v) is 10.6. The Bertz CT molecular complexity index is 365. The van der Waals surface area contributed by atoms with Crippen LogP contribution in [0.1, 0.15) is 116 Å². The Hall–Kier alpha value is 0.887. The molecule has 0 fully saturated rings. The molecule has 5 heteroatoms. The van der Waals surface area contributed by atoms with Crippen molar-refractivity contribution in [2.24, 2.45) is 0 Å². The van der Waals surface area contributed by atoms with Crippen LogP contribution in [0, 0.1) is 0 Å². The lowest BCUT2D eigenvalue weighted by Gasteiger charge is -2.04. The van der Waals surface area contributed by atoms with E-state index in [1.165, 1.54) is 115 Å². The second-order valence-corrected chi connectivity index (χ2v) is 19.1. The number of carbonyl (C=O) groups excluding carboxylic acids is 1. The fraction of sp³-hybridized carbons (Fsp3) is 0.875. The Labute approximate surface area is 211 Å². The summed E-state index contributed by atoms with van der Waals surface area (Å²) in [4.78, 5) is 10.9. The van der Waals surface area contributed by atoms with Gasteiger partial charge in [-0.1, -0.05) is 167 Å². The summed E-state index contributed by atoms with van der Waals surface area (Å²) in [6.45, 7) is 3.94. The second-order valence-electron chi connectivity index (χ2n) is 8.27. The van der Waals surface area contributed by atoms with E-state index in [-0.39, 0.29) is 15.5 Å². The third-order valence-electron chi connectivity index (χ3n) is 5.48. The summed E-state index contributed by atoms with van der Waals surface area (Å²) in [6.07, 6.45) is 26.2. The van der Waals surface area contributed by atoms with E-state index in [0.29, 0.717) is 6.61 Å². The van der Waals surface area contributed by atoms with Crippen molar-refractivity contribution < 1.29 is 9.53 Å². The van der Waals surface area contributed by atoms with Gasteiger partial charge in [0, 0.05) is 17.2 Å². The summed E-state index contributed by atoms with van der Waals surface area (Å²) >= 11 is 5.17. The van der Waals surface area contributed by atoms with Gasteiger partial charge < -0.3 is 4.74 Å². The van der Waals surface area contributed by atoms with Crippen LogP contribution >= 0.6 is 45.2 Å². The van der Waals surface area contributed by atoms with E-state index in [2.05, 4.69) is 51.8 Å². The molecule has 2 nitrogen and oxygen atoms in total. The molecule has 0 saturated carbocycles. The third kappa shape index (κ3) is 26.9. The maximum absolute atomic E-state index is 10.9. The molecule has 0 aromatic carbocycles. The van der Waals surface area contributed by atoms with E-state index in [0.717, 1.165) is 7.98 Å². The average molecular weight is 649 g/mol. The van der Waals surface area contributed by atoms with Crippen LogP contribution in [0.2, 0.25) is 6.04 Å². The highest BCUT2D eigenvalue weighted by Crippen LogP contribution is 2.15. The molecular formula is C24H46I2O2Si. The Morgan fingerprint density at radius 1 is 0.690 bits per heavy atom. The molecule has 0 atom stereocenters. The number of hydrogen-bond acceptors (Lipinski definition) is 2. The van der Waals surface area contributed by atoms with Gasteiger partial charge in [0.25, 0.3) is 0 Å². The Morgan fingerprint density at radius 2 is 1.03 bits per heavy atom. The molecule has 0 saturated heterocycles. The Morgan fingerprint density at radius 3 is 1.38 bits per heavy atom. The summed E-state index contributed by atoms with van der Waals surface area (Å²) in [7, 11) is 0.231. The molecule has 0 aliphatic heterocycles. The average Bonchev–Trinajstić information content (AvgIpc) is 2.71. The first-order valence-electron chi connectivity index (χ1n) is 12.2. The summed E-state index contributed by atoms with van der Waals surface area (Å²) in [5.41, 5.74) is 0. The summed E-state index contributed by atoms with van der Waals surface area (Å²) in [5.74, 6) is -0.298. The van der Waals surface area contributed by atoms with Crippen molar-refractivity contribution in [3.05, 3.63) is 12.7 Å². The van der Waals surface area contributed by atoms with E-state index in [1.54, 1.807) is 6.04 Å². The molecule has 0 aliphatic carbocycles. The first-order valence-corrected chi connectivity index (χ1v) is 16.5.